The summed E-state index contributed by atoms with van der Waals surface area (Å²) in [6.07, 6.45) is 7.48. The summed E-state index contributed by atoms with van der Waals surface area (Å²) in [5.74, 6) is 1.22. The monoisotopic (exact) mass is 315 g/mol. The van der Waals surface area contributed by atoms with Gasteiger partial charge in [0.25, 0.3) is 0 Å². The number of halogens is 1. The van der Waals surface area contributed by atoms with Crippen LogP contribution in [0.4, 0.5) is 4.39 Å². The van der Waals surface area contributed by atoms with E-state index in [2.05, 4.69) is 6.07 Å². The van der Waals surface area contributed by atoms with Gasteiger partial charge in [-0.3, -0.25) is 4.79 Å². The molecular weight excluding hydrogens is 289 g/mol. The number of Topliss-reactive ketones (excluding diaryl/α,β-unsaturated/α-hetero) is 1. The highest BCUT2D eigenvalue weighted by Gasteiger charge is 2.27. The lowest BCUT2D eigenvalue weighted by atomic mass is 9.73. The molecule has 2 rings (SSSR count). The lowest BCUT2D eigenvalue weighted by Crippen LogP contribution is -2.23. The van der Waals surface area contributed by atoms with Gasteiger partial charge in [-0.25, -0.2) is 4.39 Å². The number of carbonyl (C=O) groups is 1. The van der Waals surface area contributed by atoms with E-state index in [9.17, 15) is 14.4 Å². The maximum Gasteiger partial charge on any atom is 0.132 e. The molecule has 1 fully saturated rings. The van der Waals surface area contributed by atoms with E-state index < -0.39 is 0 Å². The highest BCUT2D eigenvalue weighted by atomic mass is 19.1. The van der Waals surface area contributed by atoms with Crippen LogP contribution in [0.1, 0.15) is 57.4 Å². The van der Waals surface area contributed by atoms with Crippen molar-refractivity contribution >= 4 is 5.78 Å². The molecule has 0 spiro atoms. The van der Waals surface area contributed by atoms with E-state index in [0.717, 1.165) is 37.7 Å². The first-order chi connectivity index (χ1) is 11.1. The highest BCUT2D eigenvalue weighted by molar-refractivity contribution is 5.77. The van der Waals surface area contributed by atoms with Crippen molar-refractivity contribution in [3.63, 3.8) is 0 Å². The first-order valence-corrected chi connectivity index (χ1v) is 8.78. The number of hydrogen-bond acceptors (Lipinski definition) is 2. The minimum Gasteiger partial charge on any atom is -0.300 e. The molecule has 0 saturated heterocycles. The van der Waals surface area contributed by atoms with E-state index in [-0.39, 0.29) is 11.7 Å². The van der Waals surface area contributed by atoms with E-state index in [1.165, 1.54) is 12.1 Å². The molecule has 0 N–H and O–H groups in total. The topological polar surface area (TPSA) is 40.9 Å². The van der Waals surface area contributed by atoms with Gasteiger partial charge in [0.1, 0.15) is 11.6 Å². The molecule has 23 heavy (non-hydrogen) atoms. The maximum absolute atomic E-state index is 13.0. The van der Waals surface area contributed by atoms with Crippen LogP contribution in [-0.2, 0) is 11.2 Å². The fourth-order valence-corrected chi connectivity index (χ4v) is 3.61. The smallest absolute Gasteiger partial charge is 0.132 e. The van der Waals surface area contributed by atoms with Crippen LogP contribution in [0.15, 0.2) is 24.3 Å². The van der Waals surface area contributed by atoms with Gasteiger partial charge in [-0.2, -0.15) is 5.26 Å². The van der Waals surface area contributed by atoms with Gasteiger partial charge in [0.05, 0.1) is 12.0 Å². The molecule has 1 aromatic rings. The Morgan fingerprint density at radius 1 is 1.26 bits per heavy atom. The summed E-state index contributed by atoms with van der Waals surface area (Å²) in [6, 6.07) is 8.95. The molecular formula is C20H26FNO. The molecule has 0 amide bonds. The summed E-state index contributed by atoms with van der Waals surface area (Å²) >= 11 is 0. The van der Waals surface area contributed by atoms with Gasteiger partial charge in [-0.1, -0.05) is 31.9 Å². The van der Waals surface area contributed by atoms with Crippen molar-refractivity contribution in [2.75, 3.05) is 0 Å². The van der Waals surface area contributed by atoms with Crippen molar-refractivity contribution in [1.29, 1.82) is 5.26 Å². The summed E-state index contributed by atoms with van der Waals surface area (Å²) in [7, 11) is 0. The molecule has 2 nitrogen and oxygen atoms in total. The number of hydrogen-bond donors (Lipinski definition) is 0. The fraction of sp³-hybridized carbons (Fsp3) is 0.600. The highest BCUT2D eigenvalue weighted by Crippen LogP contribution is 2.36. The molecule has 1 unspecified atom stereocenters. The third-order valence-electron chi connectivity index (χ3n) is 5.22. The van der Waals surface area contributed by atoms with Crippen LogP contribution in [0, 0.1) is 34.9 Å². The largest absolute Gasteiger partial charge is 0.300 e. The van der Waals surface area contributed by atoms with Crippen molar-refractivity contribution in [3.05, 3.63) is 35.6 Å². The maximum atomic E-state index is 13.0. The third kappa shape index (κ3) is 5.46. The van der Waals surface area contributed by atoms with Gasteiger partial charge in [-0.15, -0.1) is 0 Å². The van der Waals surface area contributed by atoms with Gasteiger partial charge in [0.15, 0.2) is 0 Å². The molecule has 1 aliphatic rings. The summed E-state index contributed by atoms with van der Waals surface area (Å²) < 4.78 is 13.0. The molecule has 1 aromatic carbocycles. The molecule has 0 aromatic heterocycles. The van der Waals surface area contributed by atoms with Crippen molar-refractivity contribution in [2.45, 2.75) is 58.3 Å². The molecule has 0 heterocycles. The average molecular weight is 315 g/mol. The molecule has 0 bridgehead atoms. The molecule has 3 heteroatoms. The zero-order valence-corrected chi connectivity index (χ0v) is 13.9. The normalized spacial score (nSPS) is 22.3. The lowest BCUT2D eigenvalue weighted by molar-refractivity contribution is -0.119. The second kappa shape index (κ2) is 8.82. The molecule has 0 radical (unpaired) electrons. The van der Waals surface area contributed by atoms with Crippen molar-refractivity contribution in [2.24, 2.45) is 17.8 Å². The Morgan fingerprint density at radius 2 is 1.91 bits per heavy atom. The number of benzene rings is 1. The molecule has 0 aliphatic heterocycles. The average Bonchev–Trinajstić information content (AvgIpc) is 2.59. The Kier molecular flexibility index (Phi) is 6.77. The van der Waals surface area contributed by atoms with E-state index in [4.69, 9.17) is 0 Å². The van der Waals surface area contributed by atoms with Crippen LogP contribution < -0.4 is 0 Å². The number of rotatable bonds is 7. The lowest BCUT2D eigenvalue weighted by Gasteiger charge is -2.31. The number of nitrogens with zero attached hydrogens (tertiary/aromatic N) is 1. The Balaban J connectivity index is 1.81. The van der Waals surface area contributed by atoms with Crippen LogP contribution in [0.25, 0.3) is 0 Å². The number of nitriles is 1. The van der Waals surface area contributed by atoms with Crippen LogP contribution in [-0.4, -0.2) is 5.78 Å². The Morgan fingerprint density at radius 3 is 2.48 bits per heavy atom. The van der Waals surface area contributed by atoms with Crippen molar-refractivity contribution in [3.8, 4) is 6.07 Å². The molecule has 1 atom stereocenters. The Bertz CT molecular complexity index is 538. The second-order valence-electron chi connectivity index (χ2n) is 6.78. The Labute approximate surface area is 138 Å². The molecule has 124 valence electrons. The summed E-state index contributed by atoms with van der Waals surface area (Å²) in [5.41, 5.74) is 1.04. The number of carbonyl (C=O) groups excluding carboxylic acids is 1. The van der Waals surface area contributed by atoms with Gasteiger partial charge in [0.2, 0.25) is 0 Å². The summed E-state index contributed by atoms with van der Waals surface area (Å²) in [5, 5.41) is 9.50. The summed E-state index contributed by atoms with van der Waals surface area (Å²) in [4.78, 5) is 11.4. The Hall–Kier alpha value is -1.69. The van der Waals surface area contributed by atoms with E-state index in [1.54, 1.807) is 12.1 Å². The van der Waals surface area contributed by atoms with E-state index in [0.29, 0.717) is 36.9 Å². The van der Waals surface area contributed by atoms with Crippen LogP contribution >= 0.6 is 0 Å². The third-order valence-corrected chi connectivity index (χ3v) is 5.22. The zero-order chi connectivity index (χ0) is 16.7. The van der Waals surface area contributed by atoms with Crippen LogP contribution in [0.2, 0.25) is 0 Å². The number of ketones is 1. The predicted molar refractivity (Wildman–Crippen MR) is 89.2 cm³/mol. The van der Waals surface area contributed by atoms with Gasteiger partial charge < -0.3 is 0 Å². The van der Waals surface area contributed by atoms with Crippen molar-refractivity contribution in [1.82, 2.24) is 0 Å². The fourth-order valence-electron chi connectivity index (χ4n) is 3.61. The predicted octanol–water partition coefficient (Wildman–Crippen LogP) is 5.07. The standard InChI is InChI=1S/C20H26FNO/c1-2-20(23)12-7-15-3-8-17(9-4-15)18(14-22)13-16-5-10-19(21)11-6-16/h5-6,10-11,15,17-18H,2-4,7-9,12-13H2,1H3. The SMILES string of the molecule is CCC(=O)CCC1CCC(C(C#N)Cc2ccc(F)cc2)CC1. The second-order valence-corrected chi connectivity index (χ2v) is 6.78. The first kappa shape index (κ1) is 17.7. The van der Waals surface area contributed by atoms with Gasteiger partial charge >= 0.3 is 0 Å². The molecule has 1 aliphatic carbocycles. The zero-order valence-electron chi connectivity index (χ0n) is 13.9. The van der Waals surface area contributed by atoms with E-state index >= 15 is 0 Å². The molecule has 1 saturated carbocycles. The quantitative estimate of drug-likeness (QED) is 0.704. The minimum atomic E-state index is -0.232. The van der Waals surface area contributed by atoms with Gasteiger partial charge in [-0.05, 0) is 55.2 Å². The van der Waals surface area contributed by atoms with Crippen LogP contribution in [0.5, 0.6) is 0 Å². The van der Waals surface area contributed by atoms with Gasteiger partial charge in [0, 0.05) is 12.8 Å². The van der Waals surface area contributed by atoms with E-state index in [1.807, 2.05) is 6.92 Å². The first-order valence-electron chi connectivity index (χ1n) is 8.78. The minimum absolute atomic E-state index is 0.0127. The van der Waals surface area contributed by atoms with Crippen LogP contribution in [0.3, 0.4) is 0 Å². The van der Waals surface area contributed by atoms with Crippen molar-refractivity contribution < 1.29 is 9.18 Å². The summed E-state index contributed by atoms with van der Waals surface area (Å²) in [6.45, 7) is 1.92.